The van der Waals surface area contributed by atoms with Crippen molar-refractivity contribution < 1.29 is 5.11 Å². The van der Waals surface area contributed by atoms with Crippen LogP contribution in [0.4, 0.5) is 0 Å². The van der Waals surface area contributed by atoms with E-state index in [-0.39, 0.29) is 6.61 Å². The monoisotopic (exact) mass is 322 g/mol. The molecule has 0 amide bonds. The van der Waals surface area contributed by atoms with E-state index < -0.39 is 0 Å². The molecule has 0 aliphatic rings. The summed E-state index contributed by atoms with van der Waals surface area (Å²) >= 11 is 11.8. The molecule has 2 rings (SSSR count). The molecule has 0 saturated heterocycles. The van der Waals surface area contributed by atoms with Crippen molar-refractivity contribution in [1.82, 2.24) is 0 Å². The third-order valence-electron chi connectivity index (χ3n) is 3.69. The van der Waals surface area contributed by atoms with Crippen molar-refractivity contribution in [3.63, 3.8) is 0 Å². The van der Waals surface area contributed by atoms with Gasteiger partial charge in [-0.05, 0) is 67.0 Å². The lowest BCUT2D eigenvalue weighted by atomic mass is 9.94. The molecule has 0 bridgehead atoms. The number of halogens is 2. The zero-order valence-electron chi connectivity index (χ0n) is 11.9. The molecule has 0 heterocycles. The van der Waals surface area contributed by atoms with E-state index >= 15 is 0 Å². The van der Waals surface area contributed by atoms with Crippen LogP contribution in [0.5, 0.6) is 0 Å². The molecule has 0 fully saturated rings. The average molecular weight is 323 g/mol. The summed E-state index contributed by atoms with van der Waals surface area (Å²) in [5, 5.41) is 11.1. The molecule has 112 valence electrons. The number of benzene rings is 2. The van der Waals surface area contributed by atoms with Gasteiger partial charge in [0.1, 0.15) is 0 Å². The van der Waals surface area contributed by atoms with Gasteiger partial charge in [0.2, 0.25) is 0 Å². The molecule has 0 saturated carbocycles. The third-order valence-corrected chi connectivity index (χ3v) is 4.19. The maximum atomic E-state index is 9.53. The van der Waals surface area contributed by atoms with Crippen LogP contribution in [0.1, 0.15) is 24.0 Å². The maximum absolute atomic E-state index is 9.53. The van der Waals surface area contributed by atoms with Crippen molar-refractivity contribution in [2.24, 2.45) is 5.92 Å². The van der Waals surface area contributed by atoms with Gasteiger partial charge in [-0.25, -0.2) is 0 Å². The lowest BCUT2D eigenvalue weighted by molar-refractivity contribution is 0.216. The van der Waals surface area contributed by atoms with Gasteiger partial charge in [0.25, 0.3) is 0 Å². The van der Waals surface area contributed by atoms with Crippen LogP contribution < -0.4 is 0 Å². The van der Waals surface area contributed by atoms with Gasteiger partial charge in [-0.15, -0.1) is 0 Å². The fraction of sp³-hybridized carbons (Fsp3) is 0.333. The molecule has 0 radical (unpaired) electrons. The average Bonchev–Trinajstić information content (AvgIpc) is 2.50. The summed E-state index contributed by atoms with van der Waals surface area (Å²) in [6.45, 7) is 0.225. The van der Waals surface area contributed by atoms with E-state index in [9.17, 15) is 5.11 Å². The first kappa shape index (κ1) is 16.4. The second kappa shape index (κ2) is 8.43. The van der Waals surface area contributed by atoms with Gasteiger partial charge in [0.15, 0.2) is 0 Å². The SMILES string of the molecule is OCC(CCCc1ccc(Cl)cc1)Cc1ccc(Cl)cc1. The summed E-state index contributed by atoms with van der Waals surface area (Å²) < 4.78 is 0. The van der Waals surface area contributed by atoms with E-state index in [0.717, 1.165) is 35.7 Å². The lowest BCUT2D eigenvalue weighted by Crippen LogP contribution is -2.10. The maximum Gasteiger partial charge on any atom is 0.0462 e. The molecule has 2 aromatic rings. The topological polar surface area (TPSA) is 20.2 Å². The second-order valence-electron chi connectivity index (χ2n) is 5.40. The Labute approximate surface area is 136 Å². The quantitative estimate of drug-likeness (QED) is 0.745. The highest BCUT2D eigenvalue weighted by Crippen LogP contribution is 2.18. The number of hydrogen-bond acceptors (Lipinski definition) is 1. The number of aliphatic hydroxyl groups excluding tert-OH is 1. The zero-order valence-corrected chi connectivity index (χ0v) is 13.4. The smallest absolute Gasteiger partial charge is 0.0462 e. The van der Waals surface area contributed by atoms with E-state index in [1.165, 1.54) is 11.1 Å². The van der Waals surface area contributed by atoms with Crippen molar-refractivity contribution in [1.29, 1.82) is 0 Å². The van der Waals surface area contributed by atoms with Crippen molar-refractivity contribution >= 4 is 23.2 Å². The first-order valence-electron chi connectivity index (χ1n) is 7.27. The van der Waals surface area contributed by atoms with Gasteiger partial charge in [-0.1, -0.05) is 47.5 Å². The predicted molar refractivity (Wildman–Crippen MR) is 90.1 cm³/mol. The molecule has 0 aliphatic carbocycles. The second-order valence-corrected chi connectivity index (χ2v) is 6.27. The fourth-order valence-corrected chi connectivity index (χ4v) is 2.71. The van der Waals surface area contributed by atoms with Crippen molar-refractivity contribution in [2.45, 2.75) is 25.7 Å². The van der Waals surface area contributed by atoms with Crippen molar-refractivity contribution in [2.75, 3.05) is 6.61 Å². The standard InChI is InChI=1S/C18H20Cl2O/c19-17-8-4-14(5-9-17)2-1-3-16(13-21)12-15-6-10-18(20)11-7-15/h4-11,16,21H,1-3,12-13H2. The van der Waals surface area contributed by atoms with Gasteiger partial charge >= 0.3 is 0 Å². The minimum atomic E-state index is 0.225. The lowest BCUT2D eigenvalue weighted by Gasteiger charge is -2.14. The first-order valence-corrected chi connectivity index (χ1v) is 8.02. The minimum Gasteiger partial charge on any atom is -0.396 e. The van der Waals surface area contributed by atoms with Gasteiger partial charge in [0.05, 0.1) is 0 Å². The third kappa shape index (κ3) is 5.70. The van der Waals surface area contributed by atoms with E-state index in [1.807, 2.05) is 36.4 Å². The Morgan fingerprint density at radius 2 is 1.33 bits per heavy atom. The van der Waals surface area contributed by atoms with Crippen LogP contribution in [0.3, 0.4) is 0 Å². The van der Waals surface area contributed by atoms with Crippen LogP contribution >= 0.6 is 23.2 Å². The summed E-state index contributed by atoms with van der Waals surface area (Å²) in [6, 6.07) is 15.8. The molecule has 3 heteroatoms. The van der Waals surface area contributed by atoms with Crippen molar-refractivity contribution in [3.05, 3.63) is 69.7 Å². The zero-order chi connectivity index (χ0) is 15.1. The molecule has 1 atom stereocenters. The van der Waals surface area contributed by atoms with Gasteiger partial charge in [-0.3, -0.25) is 0 Å². The van der Waals surface area contributed by atoms with Gasteiger partial charge < -0.3 is 5.11 Å². The van der Waals surface area contributed by atoms with Crippen LogP contribution in [-0.4, -0.2) is 11.7 Å². The highest BCUT2D eigenvalue weighted by atomic mass is 35.5. The minimum absolute atomic E-state index is 0.225. The number of hydrogen-bond donors (Lipinski definition) is 1. The molecule has 1 N–H and O–H groups in total. The van der Waals surface area contributed by atoms with E-state index in [1.54, 1.807) is 0 Å². The highest BCUT2D eigenvalue weighted by molar-refractivity contribution is 6.30. The Kier molecular flexibility index (Phi) is 6.56. The molecule has 0 aliphatic heterocycles. The molecular formula is C18H20Cl2O. The highest BCUT2D eigenvalue weighted by Gasteiger charge is 2.09. The molecule has 1 unspecified atom stereocenters. The summed E-state index contributed by atoms with van der Waals surface area (Å²) in [5.74, 6) is 0.304. The summed E-state index contributed by atoms with van der Waals surface area (Å²) in [6.07, 6.45) is 4.00. The summed E-state index contributed by atoms with van der Waals surface area (Å²) in [7, 11) is 0. The normalized spacial score (nSPS) is 12.3. The fourth-order valence-electron chi connectivity index (χ4n) is 2.46. The van der Waals surface area contributed by atoms with Crippen LogP contribution in [0.2, 0.25) is 10.0 Å². The predicted octanol–water partition coefficient (Wildman–Crippen LogP) is 5.17. The van der Waals surface area contributed by atoms with Crippen molar-refractivity contribution in [3.8, 4) is 0 Å². The first-order chi connectivity index (χ1) is 10.2. The molecule has 1 nitrogen and oxygen atoms in total. The summed E-state index contributed by atoms with van der Waals surface area (Å²) in [5.41, 5.74) is 2.52. The van der Waals surface area contributed by atoms with Crippen LogP contribution in [0, 0.1) is 5.92 Å². The molecule has 0 spiro atoms. The molecule has 2 aromatic carbocycles. The Morgan fingerprint density at radius 3 is 1.86 bits per heavy atom. The van der Waals surface area contributed by atoms with Gasteiger partial charge in [-0.2, -0.15) is 0 Å². The van der Waals surface area contributed by atoms with Gasteiger partial charge in [0, 0.05) is 16.7 Å². The van der Waals surface area contributed by atoms with Crippen LogP contribution in [0.15, 0.2) is 48.5 Å². The summed E-state index contributed by atoms with van der Waals surface area (Å²) in [4.78, 5) is 0. The Morgan fingerprint density at radius 1 is 0.810 bits per heavy atom. The number of aliphatic hydroxyl groups is 1. The Hall–Kier alpha value is -1.02. The molecule has 0 aromatic heterocycles. The largest absolute Gasteiger partial charge is 0.396 e. The Balaban J connectivity index is 1.79. The number of aryl methyl sites for hydroxylation is 1. The Bertz CT molecular complexity index is 534. The molecule has 21 heavy (non-hydrogen) atoms. The van der Waals surface area contributed by atoms with E-state index in [2.05, 4.69) is 12.1 Å². The van der Waals surface area contributed by atoms with E-state index in [0.29, 0.717) is 5.92 Å². The van der Waals surface area contributed by atoms with E-state index in [4.69, 9.17) is 23.2 Å². The number of rotatable bonds is 7. The van der Waals surface area contributed by atoms with Crippen LogP contribution in [0.25, 0.3) is 0 Å². The van der Waals surface area contributed by atoms with Crippen LogP contribution in [-0.2, 0) is 12.8 Å². The molecular weight excluding hydrogens is 303 g/mol.